The number of hydrogen-bond acceptors (Lipinski definition) is 4. The van der Waals surface area contributed by atoms with Gasteiger partial charge in [-0.1, -0.05) is 15.9 Å². The summed E-state index contributed by atoms with van der Waals surface area (Å²) in [6.07, 6.45) is 0. The average Bonchev–Trinajstić information content (AvgIpc) is 2.32. The summed E-state index contributed by atoms with van der Waals surface area (Å²) in [5.74, 6) is -1.58. The van der Waals surface area contributed by atoms with Crippen molar-refractivity contribution < 1.29 is 19.4 Å². The van der Waals surface area contributed by atoms with Crippen LogP contribution in [0.1, 0.15) is 10.4 Å². The molecule has 0 atom stereocenters. The first-order valence-electron chi connectivity index (χ1n) is 5.25. The van der Waals surface area contributed by atoms with Gasteiger partial charge in [0.15, 0.2) is 0 Å². The first-order valence-corrected chi connectivity index (χ1v) is 6.84. The van der Waals surface area contributed by atoms with E-state index in [1.165, 1.54) is 6.07 Å². The number of benzene rings is 1. The standard InChI is InChI=1S/C11H12Br2N2O4/c12-6-3-7(11(17)18)10(8(13)4-6)15-9(16)5-19-2-1-14/h3-4H,1-2,5,14H2,(H,15,16)(H,17,18). The van der Waals surface area contributed by atoms with Gasteiger partial charge in [0, 0.05) is 15.5 Å². The number of rotatable bonds is 6. The molecule has 0 spiro atoms. The van der Waals surface area contributed by atoms with Gasteiger partial charge in [0.1, 0.15) is 6.61 Å². The summed E-state index contributed by atoms with van der Waals surface area (Å²) >= 11 is 6.40. The first kappa shape index (κ1) is 16.1. The Morgan fingerprint density at radius 3 is 2.63 bits per heavy atom. The van der Waals surface area contributed by atoms with Crippen LogP contribution in [0.4, 0.5) is 5.69 Å². The quantitative estimate of drug-likeness (QED) is 0.637. The van der Waals surface area contributed by atoms with Crippen molar-refractivity contribution in [1.29, 1.82) is 0 Å². The Balaban J connectivity index is 2.88. The van der Waals surface area contributed by atoms with E-state index in [4.69, 9.17) is 15.6 Å². The number of nitrogens with two attached hydrogens (primary N) is 1. The number of amides is 1. The van der Waals surface area contributed by atoms with Crippen LogP contribution in [0.25, 0.3) is 0 Å². The summed E-state index contributed by atoms with van der Waals surface area (Å²) in [6.45, 7) is 0.398. The zero-order valence-corrected chi connectivity index (χ0v) is 13.0. The SMILES string of the molecule is NCCOCC(=O)Nc1c(Br)cc(Br)cc1C(=O)O. The van der Waals surface area contributed by atoms with E-state index in [9.17, 15) is 9.59 Å². The third-order valence-electron chi connectivity index (χ3n) is 2.05. The van der Waals surface area contributed by atoms with Crippen molar-refractivity contribution >= 4 is 49.4 Å². The summed E-state index contributed by atoms with van der Waals surface area (Å²) in [4.78, 5) is 22.7. The van der Waals surface area contributed by atoms with E-state index in [1.54, 1.807) is 6.07 Å². The molecule has 1 aromatic rings. The van der Waals surface area contributed by atoms with Gasteiger partial charge in [-0.3, -0.25) is 4.79 Å². The van der Waals surface area contributed by atoms with Crippen molar-refractivity contribution in [2.24, 2.45) is 5.73 Å². The number of carbonyl (C=O) groups excluding carboxylic acids is 1. The lowest BCUT2D eigenvalue weighted by atomic mass is 10.2. The van der Waals surface area contributed by atoms with Crippen molar-refractivity contribution in [1.82, 2.24) is 0 Å². The Bertz CT molecular complexity index is 494. The van der Waals surface area contributed by atoms with E-state index in [-0.39, 0.29) is 24.5 Å². The molecule has 1 amide bonds. The molecule has 6 nitrogen and oxygen atoms in total. The number of hydrogen-bond donors (Lipinski definition) is 3. The molecule has 0 radical (unpaired) electrons. The van der Waals surface area contributed by atoms with Crippen LogP contribution < -0.4 is 11.1 Å². The molecular weight excluding hydrogens is 384 g/mol. The number of carbonyl (C=O) groups is 2. The summed E-state index contributed by atoms with van der Waals surface area (Å²) in [6, 6.07) is 3.05. The Morgan fingerprint density at radius 2 is 2.05 bits per heavy atom. The molecular formula is C11H12Br2N2O4. The maximum absolute atomic E-state index is 11.6. The molecule has 0 aromatic heterocycles. The summed E-state index contributed by atoms with van der Waals surface area (Å²) < 4.78 is 6.03. The number of carboxylic acids is 1. The molecule has 0 saturated heterocycles. The summed E-state index contributed by atoms with van der Waals surface area (Å²) in [7, 11) is 0. The smallest absolute Gasteiger partial charge is 0.337 e. The second-order valence-corrected chi connectivity index (χ2v) is 5.27. The predicted octanol–water partition coefficient (Wildman–Crippen LogP) is 1.82. The lowest BCUT2D eigenvalue weighted by molar-refractivity contribution is -0.120. The monoisotopic (exact) mass is 394 g/mol. The highest BCUT2D eigenvalue weighted by molar-refractivity contribution is 9.11. The van der Waals surface area contributed by atoms with Gasteiger partial charge in [0.05, 0.1) is 17.9 Å². The molecule has 8 heteroatoms. The molecule has 0 unspecified atom stereocenters. The fraction of sp³-hybridized carbons (Fsp3) is 0.273. The molecule has 0 aliphatic rings. The van der Waals surface area contributed by atoms with Gasteiger partial charge in [0.2, 0.25) is 5.91 Å². The number of carboxylic acid groups (broad SMARTS) is 1. The van der Waals surface area contributed by atoms with Gasteiger partial charge in [-0.25, -0.2) is 4.79 Å². The summed E-state index contributed by atoms with van der Waals surface area (Å²) in [5.41, 5.74) is 5.40. The first-order chi connectivity index (χ1) is 8.95. The third-order valence-corrected chi connectivity index (χ3v) is 3.13. The predicted molar refractivity (Wildman–Crippen MR) is 77.3 cm³/mol. The molecule has 19 heavy (non-hydrogen) atoms. The minimum atomic E-state index is -1.14. The van der Waals surface area contributed by atoms with Gasteiger partial charge in [-0.2, -0.15) is 0 Å². The van der Waals surface area contributed by atoms with E-state index < -0.39 is 11.9 Å². The second kappa shape index (κ2) is 7.59. The van der Waals surface area contributed by atoms with Gasteiger partial charge in [-0.05, 0) is 28.1 Å². The molecule has 0 aliphatic carbocycles. The van der Waals surface area contributed by atoms with Crippen LogP contribution >= 0.6 is 31.9 Å². The Morgan fingerprint density at radius 1 is 1.37 bits per heavy atom. The minimum Gasteiger partial charge on any atom is -0.478 e. The van der Waals surface area contributed by atoms with Gasteiger partial charge < -0.3 is 20.9 Å². The van der Waals surface area contributed by atoms with Crippen LogP contribution in [-0.2, 0) is 9.53 Å². The van der Waals surface area contributed by atoms with Crippen LogP contribution in [0.2, 0.25) is 0 Å². The highest BCUT2D eigenvalue weighted by Crippen LogP contribution is 2.30. The lowest BCUT2D eigenvalue weighted by Gasteiger charge is -2.11. The van der Waals surface area contributed by atoms with Crippen LogP contribution in [0.3, 0.4) is 0 Å². The highest BCUT2D eigenvalue weighted by Gasteiger charge is 2.16. The molecule has 1 rings (SSSR count). The number of halogens is 2. The number of aromatic carboxylic acids is 1. The molecule has 4 N–H and O–H groups in total. The van der Waals surface area contributed by atoms with Crippen LogP contribution in [0, 0.1) is 0 Å². The maximum Gasteiger partial charge on any atom is 0.337 e. The molecule has 0 saturated carbocycles. The summed E-state index contributed by atoms with van der Waals surface area (Å²) in [5, 5.41) is 11.6. The van der Waals surface area contributed by atoms with Crippen LogP contribution in [0.5, 0.6) is 0 Å². The minimum absolute atomic E-state index is 0.0200. The van der Waals surface area contributed by atoms with Crippen molar-refractivity contribution in [3.05, 3.63) is 26.6 Å². The van der Waals surface area contributed by atoms with Gasteiger partial charge >= 0.3 is 5.97 Å². The van der Waals surface area contributed by atoms with Crippen molar-refractivity contribution in [3.8, 4) is 0 Å². The molecule has 0 bridgehead atoms. The lowest BCUT2D eigenvalue weighted by Crippen LogP contribution is -2.22. The largest absolute Gasteiger partial charge is 0.478 e. The Labute approximate surface area is 126 Å². The molecule has 0 aliphatic heterocycles. The van der Waals surface area contributed by atoms with Crippen molar-refractivity contribution in [2.75, 3.05) is 25.1 Å². The fourth-order valence-electron chi connectivity index (χ4n) is 1.29. The molecule has 104 valence electrons. The van der Waals surface area contributed by atoms with E-state index >= 15 is 0 Å². The molecule has 0 heterocycles. The average molecular weight is 396 g/mol. The third kappa shape index (κ3) is 4.90. The zero-order valence-electron chi connectivity index (χ0n) is 9.78. The fourth-order valence-corrected chi connectivity index (χ4v) is 2.62. The topological polar surface area (TPSA) is 102 Å². The van der Waals surface area contributed by atoms with Crippen LogP contribution in [-0.4, -0.2) is 36.7 Å². The highest BCUT2D eigenvalue weighted by atomic mass is 79.9. The Kier molecular flexibility index (Phi) is 6.43. The van der Waals surface area contributed by atoms with E-state index in [2.05, 4.69) is 37.2 Å². The van der Waals surface area contributed by atoms with Crippen molar-refractivity contribution in [3.63, 3.8) is 0 Å². The second-order valence-electron chi connectivity index (χ2n) is 3.50. The van der Waals surface area contributed by atoms with Crippen molar-refractivity contribution in [2.45, 2.75) is 0 Å². The van der Waals surface area contributed by atoms with E-state index in [0.29, 0.717) is 15.5 Å². The molecule has 1 aromatic carbocycles. The zero-order chi connectivity index (χ0) is 14.4. The number of ether oxygens (including phenoxy) is 1. The maximum atomic E-state index is 11.6. The molecule has 0 fully saturated rings. The van der Waals surface area contributed by atoms with Gasteiger partial charge in [-0.15, -0.1) is 0 Å². The Hall–Kier alpha value is -0.960. The van der Waals surface area contributed by atoms with Crippen LogP contribution in [0.15, 0.2) is 21.1 Å². The number of nitrogens with one attached hydrogen (secondary N) is 1. The normalized spacial score (nSPS) is 10.3. The van der Waals surface area contributed by atoms with E-state index in [1.807, 2.05) is 0 Å². The van der Waals surface area contributed by atoms with E-state index in [0.717, 1.165) is 0 Å². The van der Waals surface area contributed by atoms with Gasteiger partial charge in [0.25, 0.3) is 0 Å². The number of anilines is 1.